The summed E-state index contributed by atoms with van der Waals surface area (Å²) in [7, 11) is -13.3. The van der Waals surface area contributed by atoms with E-state index in [1.165, 1.54) is 130 Å². The highest BCUT2D eigenvalue weighted by molar-refractivity contribution is 7.86. The quantitative estimate of drug-likeness (QED) is 0.0109. The number of aromatic carboxylic acids is 3. The average Bonchev–Trinajstić information content (AvgIpc) is 1.31. The van der Waals surface area contributed by atoms with E-state index in [0.29, 0.717) is 100 Å². The van der Waals surface area contributed by atoms with Gasteiger partial charge in [-0.3, -0.25) is 61.6 Å². The second-order valence-electron chi connectivity index (χ2n) is 31.6. The van der Waals surface area contributed by atoms with Crippen molar-refractivity contribution in [3.63, 3.8) is 0 Å². The number of amides is 5. The average molecular weight is 2110 g/mol. The van der Waals surface area contributed by atoms with Gasteiger partial charge in [0.1, 0.15) is 10.6 Å². The van der Waals surface area contributed by atoms with Crippen molar-refractivity contribution in [1.82, 2.24) is 49.8 Å². The summed E-state index contributed by atoms with van der Waals surface area (Å²) in [5, 5.41) is 78.5. The van der Waals surface area contributed by atoms with Crippen LogP contribution in [0.4, 0.5) is 56.9 Å². The van der Waals surface area contributed by atoms with Crippen LogP contribution >= 0.6 is 0 Å². The molecule has 58 heteroatoms. The highest BCUT2D eigenvalue weighted by atomic mass is 32.2. The Morgan fingerprint density at radius 3 is 0.833 bits per heavy atom. The Kier molecular flexibility index (Phi) is 34.0. The number of hydrogen-bond acceptors (Lipinski definition) is 34. The summed E-state index contributed by atoms with van der Waals surface area (Å²) in [5.74, 6) is -10.5. The van der Waals surface area contributed by atoms with Gasteiger partial charge in [-0.1, -0.05) is 30.3 Å². The first-order valence-electron chi connectivity index (χ1n) is 42.7. The predicted octanol–water partition coefficient (Wildman–Crippen LogP) is 10.7. The van der Waals surface area contributed by atoms with Crippen molar-refractivity contribution in [3.8, 4) is 0 Å². The van der Waals surface area contributed by atoms with Crippen LogP contribution in [0.25, 0.3) is 65.9 Å². The molecule has 768 valence electrons. The molecule has 0 bridgehead atoms. The Balaban J connectivity index is 0.000000166. The van der Waals surface area contributed by atoms with Gasteiger partial charge in [0, 0.05) is 33.8 Å². The third kappa shape index (κ3) is 29.1. The van der Waals surface area contributed by atoms with Gasteiger partial charge in [0.2, 0.25) is 30.2 Å². The molecule has 150 heavy (non-hydrogen) atoms. The summed E-state index contributed by atoms with van der Waals surface area (Å²) in [5.41, 5.74) is 4.64. The van der Waals surface area contributed by atoms with E-state index >= 15 is 0 Å². The first-order valence-corrected chi connectivity index (χ1v) is 47.0. The van der Waals surface area contributed by atoms with Crippen LogP contribution in [0.3, 0.4) is 0 Å². The number of azo groups is 5. The van der Waals surface area contributed by atoms with E-state index < -0.39 is 153 Å². The van der Waals surface area contributed by atoms with Crippen molar-refractivity contribution >= 4 is 230 Å². The van der Waals surface area contributed by atoms with Crippen molar-refractivity contribution in [2.24, 2.45) is 51.1 Å². The van der Waals surface area contributed by atoms with Crippen LogP contribution in [0.5, 0.6) is 0 Å². The molecule has 0 fully saturated rings. The number of ketones is 5. The minimum atomic E-state index is -4.56. The summed E-state index contributed by atoms with van der Waals surface area (Å²) < 4.78 is 95.0. The smallest absolute Gasteiger partial charge is 0.335 e. The van der Waals surface area contributed by atoms with Gasteiger partial charge < -0.3 is 91.7 Å². The number of carboxylic acids is 3. The van der Waals surface area contributed by atoms with Gasteiger partial charge in [0.25, 0.3) is 59.9 Å². The molecule has 21 N–H and O–H groups in total. The second kappa shape index (κ2) is 46.9. The molecule has 5 aromatic heterocycles. The lowest BCUT2D eigenvalue weighted by Gasteiger charge is -2.10. The molecule has 55 nitrogen and oxygen atoms in total. The normalized spacial score (nSPS) is 12.6. The second-order valence-corrected chi connectivity index (χ2v) is 35.8. The number of anilines is 5. The zero-order chi connectivity index (χ0) is 109. The van der Waals surface area contributed by atoms with Crippen molar-refractivity contribution in [2.45, 2.75) is 79.5 Å². The van der Waals surface area contributed by atoms with E-state index in [2.05, 4.69) is 128 Å². The molecule has 0 aliphatic carbocycles. The summed E-state index contributed by atoms with van der Waals surface area (Å²) in [6.45, 7) is 5.84. The third-order valence-corrected chi connectivity index (χ3v) is 23.1. The Morgan fingerprint density at radius 2 is 0.533 bits per heavy atom. The summed E-state index contributed by atoms with van der Waals surface area (Å²) in [6, 6.07) is 43.1. The molecule has 0 spiro atoms. The van der Waals surface area contributed by atoms with Crippen molar-refractivity contribution in [2.75, 3.05) is 26.6 Å². The number of benzene rings is 11. The maximum atomic E-state index is 12.7. The number of carbonyl (C=O) groups is 13. The van der Waals surface area contributed by atoms with Crippen LogP contribution in [0.1, 0.15) is 65.7 Å². The minimum absolute atomic E-state index is 0.0815. The summed E-state index contributed by atoms with van der Waals surface area (Å²) in [6.07, 6.45) is 0. The standard InChI is InChI=1S/C21H17N5O6S.C19H15N5O7.C18H15N5O5.2C17H15N5O6S/c1-11(27)19(20(28)22-13-5-8-17-18(10-13)24-21(29)23-17)26-25-16-4-2-3-12-9-14(33(30,31)32)6-7-15(12)16;1-8(25)15(16(26)20-11-2-3-13-14(7-11)22-19(31)21-13)24-23-12-5-9(17(27)28)4-10(6-12)18(29)30;1-9(24)15(23-22-11-4-2-10(3-5-11)17(26)27)16(25)19-12-6-7-13-14(8-12)21-18(28)20-13;1-9(23)15(22-21-10-2-5-12(6-3-10)29(26,27)28)16(24)18-11-4-7-13-14(8-11)20-17(25)19-13;1-9(23)15(22-21-12-4-2-3-5-14(12)29(26,27)28)16(24)18-10-6-7-11-13(8-10)20-17(25)19-11/h2-10,19H,1H3,(H,22,28)(H2,23,24,29)(H,30,31,32);2-7,15H,1H3,(H,20,26)(H,27,28)(H,29,30)(H2,21,22,31);2-8,15H,1H3,(H,19,25)(H,26,27)(H2,20,21,28);2*2-8,15H,1H3,(H,18,24)(H2,19,20,25)(H,26,27,28). The minimum Gasteiger partial charge on any atom is -0.478 e. The lowest BCUT2D eigenvalue weighted by Crippen LogP contribution is -2.31. The van der Waals surface area contributed by atoms with E-state index in [9.17, 15) is 121 Å². The fraction of sp³-hybridized carbons (Fsp3) is 0.109. The number of nitrogens with zero attached hydrogens (tertiary/aromatic N) is 10. The van der Waals surface area contributed by atoms with Crippen molar-refractivity contribution in [1.29, 1.82) is 0 Å². The fourth-order valence-corrected chi connectivity index (χ4v) is 15.0. The summed E-state index contributed by atoms with van der Waals surface area (Å²) >= 11 is 0. The van der Waals surface area contributed by atoms with E-state index in [0.717, 1.165) is 50.2 Å². The maximum absolute atomic E-state index is 12.7. The molecule has 16 rings (SSSR count). The first-order chi connectivity index (χ1) is 70.9. The predicted molar refractivity (Wildman–Crippen MR) is 533 cm³/mol. The molecule has 5 atom stereocenters. The molecule has 0 aliphatic rings. The van der Waals surface area contributed by atoms with Crippen molar-refractivity contribution < 1.29 is 117 Å². The number of carbonyl (C=O) groups excluding carboxylic acids is 10. The number of nitrogens with one attached hydrogen (secondary N) is 15. The molecule has 0 radical (unpaired) electrons. The largest absolute Gasteiger partial charge is 0.478 e. The SMILES string of the molecule is CC(=O)C(N=Nc1cc(C(=O)O)cc(C(=O)O)c1)C(=O)Nc1ccc2[nH]c(=O)[nH]c2c1.CC(=O)C(N=Nc1ccc(C(=O)O)cc1)C(=O)Nc1ccc2[nH]c(=O)[nH]c2c1.CC(=O)C(N=Nc1ccc(S(=O)(=O)O)cc1)C(=O)Nc1ccc2[nH]c(=O)[nH]c2c1.CC(=O)C(N=Nc1cccc2cc(S(=O)(=O)O)ccc12)C(=O)Nc1ccc2[nH]c(=O)[nH]c2c1.CC(=O)C(N=Nc1ccccc1S(=O)(=O)O)C(=O)Nc1ccc2[nH]c(=O)[nH]c2c1. The number of Topliss-reactive ketones (excluding diaryl/α,β-unsaturated/α-hetero) is 5. The van der Waals surface area contributed by atoms with Crippen LogP contribution in [-0.2, 0) is 78.3 Å². The summed E-state index contributed by atoms with van der Waals surface area (Å²) in [4.78, 5) is 236. The number of fused-ring (bicyclic) bond motifs is 6. The lowest BCUT2D eigenvalue weighted by molar-refractivity contribution is -0.127. The number of aromatic amines is 10. The molecule has 5 heterocycles. The number of carboxylic acid groups (broad SMARTS) is 3. The molecule has 0 saturated carbocycles. The van der Waals surface area contributed by atoms with Gasteiger partial charge in [-0.25, -0.2) is 38.4 Å². The number of rotatable bonds is 31. The lowest BCUT2D eigenvalue weighted by atomic mass is 10.1. The topological polar surface area (TPSA) is 873 Å². The highest BCUT2D eigenvalue weighted by Gasteiger charge is 2.30. The molecule has 16 aromatic rings. The van der Waals surface area contributed by atoms with Gasteiger partial charge in [-0.05, 0) is 228 Å². The number of aromatic nitrogens is 10. The fourth-order valence-electron chi connectivity index (χ4n) is 13.3. The van der Waals surface area contributed by atoms with Gasteiger partial charge in [-0.2, -0.15) is 76.4 Å². The van der Waals surface area contributed by atoms with E-state index in [-0.39, 0.29) is 66.3 Å². The molecular weight excluding hydrogens is 2030 g/mol. The Morgan fingerprint density at radius 1 is 0.260 bits per heavy atom. The molecule has 11 aromatic carbocycles. The zero-order valence-electron chi connectivity index (χ0n) is 77.3. The molecular formula is C92H77N25O30S3. The highest BCUT2D eigenvalue weighted by Crippen LogP contribution is 2.32. The van der Waals surface area contributed by atoms with Crippen LogP contribution in [0.2, 0.25) is 0 Å². The van der Waals surface area contributed by atoms with Gasteiger partial charge in [0.15, 0.2) is 28.9 Å². The van der Waals surface area contributed by atoms with E-state index in [1.807, 2.05) is 0 Å². The van der Waals surface area contributed by atoms with Crippen LogP contribution < -0.4 is 55.0 Å². The van der Waals surface area contributed by atoms with Gasteiger partial charge >= 0.3 is 46.4 Å². The third-order valence-electron chi connectivity index (χ3n) is 20.4. The van der Waals surface area contributed by atoms with E-state index in [1.54, 1.807) is 72.8 Å². The molecule has 0 aliphatic heterocycles. The number of H-pyrrole nitrogens is 10. The van der Waals surface area contributed by atoms with Gasteiger partial charge in [0.05, 0.1) is 104 Å². The van der Waals surface area contributed by atoms with E-state index in [4.69, 9.17) is 19.9 Å². The van der Waals surface area contributed by atoms with Crippen LogP contribution in [-0.4, -0.2) is 211 Å². The Bertz CT molecular complexity index is 8970. The van der Waals surface area contributed by atoms with Crippen LogP contribution in [0, 0.1) is 0 Å². The van der Waals surface area contributed by atoms with Gasteiger partial charge in [-0.15, -0.1) is 0 Å². The molecule has 0 saturated heterocycles. The van der Waals surface area contributed by atoms with Crippen molar-refractivity contribution in [3.05, 3.63) is 288 Å². The first kappa shape index (κ1) is 109. The molecule has 5 amide bonds. The Hall–Kier alpha value is -20.1. The maximum Gasteiger partial charge on any atom is 0.335 e. The number of hydrogen-bond donors (Lipinski definition) is 21. The zero-order valence-corrected chi connectivity index (χ0v) is 79.8. The monoisotopic (exact) mass is 2110 g/mol. The van der Waals surface area contributed by atoms with Crippen LogP contribution in [0.15, 0.2) is 308 Å². The Labute approximate surface area is 836 Å². The molecule has 5 unspecified atom stereocenters. The number of imidazole rings is 5.